The van der Waals surface area contributed by atoms with Gasteiger partial charge < -0.3 is 27.8 Å². The summed E-state index contributed by atoms with van der Waals surface area (Å²) in [7, 11) is -7.05. The molecular weight excluding hydrogens is 1610 g/mol. The number of halogens is 9. The normalized spacial score (nSPS) is 11.9. The molecule has 0 N–H and O–H groups in total. The van der Waals surface area contributed by atoms with Crippen molar-refractivity contribution in [2.24, 2.45) is 0 Å². The van der Waals surface area contributed by atoms with Crippen molar-refractivity contribution in [3.63, 3.8) is 0 Å². The lowest BCUT2D eigenvalue weighted by Crippen LogP contribution is -2.18. The van der Waals surface area contributed by atoms with Crippen molar-refractivity contribution < 1.29 is 92.5 Å². The van der Waals surface area contributed by atoms with E-state index in [1.165, 1.54) is 181 Å². The predicted molar refractivity (Wildman–Crippen MR) is 420 cm³/mol. The van der Waals surface area contributed by atoms with E-state index in [4.69, 9.17) is 27.8 Å². The summed E-state index contributed by atoms with van der Waals surface area (Å²) < 4.78 is 232. The summed E-state index contributed by atoms with van der Waals surface area (Å²) in [5.74, 6) is -0.168. The zero-order valence-electron chi connectivity index (χ0n) is 60.0. The minimum Gasteiger partial charge on any atom is -0.495 e. The van der Waals surface area contributed by atoms with Crippen LogP contribution < -0.4 is 30.9 Å². The number of alkyl halides is 9. The molecule has 9 aromatic carbocycles. The second-order valence-electron chi connectivity index (χ2n) is 25.3. The zero-order valence-corrected chi connectivity index (χ0v) is 63.9. The Morgan fingerprint density at radius 2 is 0.586 bits per heavy atom. The molecule has 0 spiro atoms. The smallest absolute Gasteiger partial charge is 0.416 e. The molecule has 0 saturated heterocycles. The molecule has 6 heterocycles. The molecule has 15 aromatic rings. The highest BCUT2D eigenvalue weighted by Crippen LogP contribution is 2.40. The van der Waals surface area contributed by atoms with Crippen molar-refractivity contribution >= 4 is 72.1 Å². The molecule has 0 aliphatic rings. The van der Waals surface area contributed by atoms with Gasteiger partial charge in [-0.25, -0.2) is 25.3 Å². The first-order chi connectivity index (χ1) is 54.2. The van der Waals surface area contributed by atoms with Crippen molar-refractivity contribution in [2.75, 3.05) is 21.3 Å². The molecule has 0 aliphatic carbocycles. The van der Waals surface area contributed by atoms with Crippen LogP contribution in [-0.4, -0.2) is 75.8 Å². The van der Waals surface area contributed by atoms with E-state index >= 15 is 0 Å². The van der Waals surface area contributed by atoms with Crippen LogP contribution in [0.15, 0.2) is 298 Å². The Bertz CT molecular complexity index is 6080. The van der Waals surface area contributed by atoms with Gasteiger partial charge in [0, 0.05) is 52.6 Å². The molecule has 116 heavy (non-hydrogen) atoms. The van der Waals surface area contributed by atoms with E-state index in [-0.39, 0.29) is 83.4 Å². The van der Waals surface area contributed by atoms with Crippen molar-refractivity contribution in [1.29, 1.82) is 0 Å². The number of methoxy groups -OCH3 is 3. The Morgan fingerprint density at radius 3 is 0.819 bits per heavy atom. The van der Waals surface area contributed by atoms with E-state index in [0.29, 0.717) is 83.3 Å². The topological polar surface area (TPSA) is 274 Å². The van der Waals surface area contributed by atoms with Gasteiger partial charge >= 0.3 is 18.5 Å². The Hall–Kier alpha value is -12.7. The van der Waals surface area contributed by atoms with Crippen LogP contribution in [0.3, 0.4) is 0 Å². The largest absolute Gasteiger partial charge is 0.495 e. The van der Waals surface area contributed by atoms with Gasteiger partial charge in [0.15, 0.2) is 29.5 Å². The van der Waals surface area contributed by atoms with Crippen molar-refractivity contribution in [1.82, 2.24) is 29.2 Å². The average molecular weight is 1670 g/mol. The maximum absolute atomic E-state index is 13.3. The van der Waals surface area contributed by atoms with Crippen LogP contribution >= 0.6 is 9.90 Å². The third-order valence-corrected chi connectivity index (χ3v) is 22.9. The van der Waals surface area contributed by atoms with Crippen molar-refractivity contribution in [3.05, 3.63) is 320 Å². The van der Waals surface area contributed by atoms with Gasteiger partial charge in [0.25, 0.3) is 16.7 Å². The summed E-state index contributed by atoms with van der Waals surface area (Å²) in [6.07, 6.45) is -9.68. The van der Waals surface area contributed by atoms with Crippen LogP contribution in [0.1, 0.15) is 41.2 Å². The molecule has 21 nitrogen and oxygen atoms in total. The quantitative estimate of drug-likeness (QED) is 0.0570. The number of sulfone groups is 3. The number of benzene rings is 9. The molecule has 0 aliphatic heterocycles. The summed E-state index contributed by atoms with van der Waals surface area (Å²) in [6, 6.07) is 54.5. The Labute approximate surface area is 657 Å². The third-order valence-electron chi connectivity index (χ3n) is 18.0. The fourth-order valence-electron chi connectivity index (χ4n) is 12.5. The highest BCUT2D eigenvalue weighted by molar-refractivity contribution is 7.91. The molecule has 34 heteroatoms. The predicted octanol–water partition coefficient (Wildman–Crippen LogP) is 17.6. The highest BCUT2D eigenvalue weighted by atomic mass is 32.2. The standard InChI is InChI=1S/3C27H19F3N2O5S.CH4.H3P/c3*1-36-25-9-5-18(17-3-2-4-20(13-17)27(28,29)30)15-24(25)32-23-8-7-22(14-19(23)6-10-26(32)33)38(34,35)16-21-11-12-37-31-21;;/h3*2-15H,16H2,1H3;1H4;1H3. The second kappa shape index (κ2) is 33.8. The third kappa shape index (κ3) is 18.2. The van der Waals surface area contributed by atoms with Gasteiger partial charge in [-0.15, -0.1) is 0 Å². The first-order valence-electron chi connectivity index (χ1n) is 33.6. The van der Waals surface area contributed by atoms with Crippen LogP contribution in [0.25, 0.3) is 83.2 Å². The van der Waals surface area contributed by atoms with Gasteiger partial charge in [0.1, 0.15) is 53.3 Å². The summed E-state index contributed by atoms with van der Waals surface area (Å²) in [5, 5.41) is 12.3. The van der Waals surface area contributed by atoms with Crippen LogP contribution in [0.5, 0.6) is 17.2 Å². The minimum atomic E-state index is -4.51. The first kappa shape index (κ1) is 84.2. The number of pyridine rings is 3. The van der Waals surface area contributed by atoms with Crippen LogP contribution in [0, 0.1) is 0 Å². The molecule has 598 valence electrons. The molecule has 0 fully saturated rings. The number of aromatic nitrogens is 6. The van der Waals surface area contributed by atoms with Crippen LogP contribution in [0.2, 0.25) is 0 Å². The number of ether oxygens (including phenoxy) is 3. The highest BCUT2D eigenvalue weighted by Gasteiger charge is 2.34. The Morgan fingerprint density at radius 1 is 0.328 bits per heavy atom. The molecule has 0 amide bonds. The van der Waals surface area contributed by atoms with Crippen molar-refractivity contribution in [3.8, 4) is 67.7 Å². The molecule has 0 bridgehead atoms. The van der Waals surface area contributed by atoms with E-state index in [1.54, 1.807) is 72.8 Å². The molecule has 1 unspecified atom stereocenters. The second-order valence-corrected chi connectivity index (χ2v) is 31.3. The number of fused-ring (bicyclic) bond motifs is 3. The van der Waals surface area contributed by atoms with Gasteiger partial charge in [-0.1, -0.05) is 77.5 Å². The van der Waals surface area contributed by atoms with E-state index in [1.807, 2.05) is 0 Å². The lowest BCUT2D eigenvalue weighted by Gasteiger charge is -2.16. The number of hydrogen-bond donors (Lipinski definition) is 0. The van der Waals surface area contributed by atoms with Gasteiger partial charge in [0.05, 0.1) is 103 Å². The maximum atomic E-state index is 13.3. The van der Waals surface area contributed by atoms with Crippen molar-refractivity contribution in [2.45, 2.75) is 57.9 Å². The summed E-state index contributed by atoms with van der Waals surface area (Å²) >= 11 is 0. The summed E-state index contributed by atoms with van der Waals surface area (Å²) in [4.78, 5) is 39.2. The molecule has 0 saturated carbocycles. The van der Waals surface area contributed by atoms with Crippen LogP contribution in [0.4, 0.5) is 39.5 Å². The van der Waals surface area contributed by atoms with Gasteiger partial charge in [-0.3, -0.25) is 28.1 Å². The van der Waals surface area contributed by atoms with Gasteiger partial charge in [0.2, 0.25) is 0 Å². The molecule has 15 rings (SSSR count). The minimum absolute atomic E-state index is 0. The lowest BCUT2D eigenvalue weighted by molar-refractivity contribution is -0.138. The Kier molecular flexibility index (Phi) is 24.5. The zero-order chi connectivity index (χ0) is 81.2. The molecular formula is C82H64F9N6O15PS3. The summed E-state index contributed by atoms with van der Waals surface area (Å²) in [5.41, 5.74) is 1.31. The average Bonchev–Trinajstić information content (AvgIpc) is 1.05. The van der Waals surface area contributed by atoms with E-state index in [9.17, 15) is 79.2 Å². The summed E-state index contributed by atoms with van der Waals surface area (Å²) in [6.45, 7) is 0. The lowest BCUT2D eigenvalue weighted by atomic mass is 10.0. The maximum Gasteiger partial charge on any atom is 0.416 e. The fraction of sp³-hybridized carbons (Fsp3) is 0.122. The van der Waals surface area contributed by atoms with E-state index < -0.39 is 81.4 Å². The number of rotatable bonds is 18. The number of nitrogens with zero attached hydrogens (tertiary/aromatic N) is 6. The fourth-order valence-corrected chi connectivity index (χ4v) is 16.4. The monoisotopic (exact) mass is 1670 g/mol. The Balaban J connectivity index is 0.000000170. The van der Waals surface area contributed by atoms with Crippen LogP contribution in [-0.2, 0) is 65.3 Å². The molecule has 1 atom stereocenters. The van der Waals surface area contributed by atoms with Gasteiger partial charge in [-0.2, -0.15) is 49.4 Å². The first-order valence-corrected chi connectivity index (χ1v) is 38.6. The molecule has 6 aromatic heterocycles. The van der Waals surface area contributed by atoms with E-state index in [2.05, 4.69) is 15.5 Å². The molecule has 0 radical (unpaired) electrons. The van der Waals surface area contributed by atoms with E-state index in [0.717, 1.165) is 36.4 Å². The number of hydrogen-bond acceptors (Lipinski definition) is 18. The SMILES string of the molecule is C.COc1ccc(-c2cccc(C(F)(F)F)c2)cc1-n1c(=O)ccc2cc(S(=O)(=O)Cc3ccon3)ccc21.COc1ccc(-c2cccc(C(F)(F)F)c2)cc1-n1c(=O)ccc2cc(S(=O)(=O)Cc3ccon3)ccc21.COc1ccc(-c2cccc(C(F)(F)F)c2)cc1-n1c(=O)ccc2cc(S(=O)(=O)Cc3ccon3)ccc21.P. The van der Waals surface area contributed by atoms with Gasteiger partial charge in [-0.05, 0) is 179 Å².